The molecule has 1 fully saturated rings. The molecule has 6 nitrogen and oxygen atoms in total. The van der Waals surface area contributed by atoms with Gasteiger partial charge in [0, 0.05) is 12.3 Å². The highest BCUT2D eigenvalue weighted by Crippen LogP contribution is 2.52. The van der Waals surface area contributed by atoms with E-state index in [1.807, 2.05) is 36.4 Å². The normalized spacial score (nSPS) is 23.6. The molecule has 0 spiro atoms. The van der Waals surface area contributed by atoms with Crippen molar-refractivity contribution in [2.45, 2.75) is 94.9 Å². The highest BCUT2D eigenvalue weighted by molar-refractivity contribution is 7.04. The van der Waals surface area contributed by atoms with Gasteiger partial charge in [-0.15, -0.1) is 6.58 Å². The van der Waals surface area contributed by atoms with Crippen LogP contribution < -0.4 is 21.6 Å². The van der Waals surface area contributed by atoms with Crippen LogP contribution in [-0.2, 0) is 9.16 Å². The van der Waals surface area contributed by atoms with Gasteiger partial charge in [-0.1, -0.05) is 119 Å². The molecule has 1 aliphatic heterocycles. The third kappa shape index (κ3) is 5.59. The van der Waals surface area contributed by atoms with Crippen LogP contribution in [0.3, 0.4) is 0 Å². The van der Waals surface area contributed by atoms with E-state index >= 15 is 4.39 Å². The van der Waals surface area contributed by atoms with Gasteiger partial charge in [-0.05, 0) is 29.2 Å². The number of H-pyrrole nitrogens is 1. The van der Waals surface area contributed by atoms with Crippen molar-refractivity contribution >= 4 is 26.8 Å². The second kappa shape index (κ2) is 11.3. The molecule has 1 saturated heterocycles. The lowest BCUT2D eigenvalue weighted by molar-refractivity contribution is -0.0618. The Hall–Kier alpha value is -2.86. The summed E-state index contributed by atoms with van der Waals surface area (Å²) in [4.78, 5) is 27.0. The minimum absolute atomic E-state index is 0.204. The number of hydrogen-bond donors (Lipinski definition) is 1. The van der Waals surface area contributed by atoms with E-state index in [4.69, 9.17) is 9.16 Å². The summed E-state index contributed by atoms with van der Waals surface area (Å²) >= 11 is 0. The Labute approximate surface area is 250 Å². The first-order valence-corrected chi connectivity index (χ1v) is 19.7. The van der Waals surface area contributed by atoms with E-state index in [1.165, 1.54) is 22.6 Å². The Balaban J connectivity index is 2.00. The summed E-state index contributed by atoms with van der Waals surface area (Å²) in [5.74, 6) is 0. The van der Waals surface area contributed by atoms with Crippen LogP contribution >= 0.6 is 0 Å². The van der Waals surface area contributed by atoms with Crippen molar-refractivity contribution in [2.24, 2.45) is 0 Å². The van der Waals surface area contributed by atoms with Gasteiger partial charge < -0.3 is 9.16 Å². The van der Waals surface area contributed by atoms with E-state index in [2.05, 4.69) is 90.5 Å². The quantitative estimate of drug-likeness (QED) is 0.260. The summed E-state index contributed by atoms with van der Waals surface area (Å²) in [6, 6.07) is 22.5. The lowest BCUT2D eigenvalue weighted by Gasteiger charge is -2.50. The van der Waals surface area contributed by atoms with Crippen LogP contribution in [0, 0.1) is 0 Å². The fourth-order valence-corrected chi connectivity index (χ4v) is 13.1. The number of halogens is 1. The minimum atomic E-state index is -2.83. The third-order valence-corrected chi connectivity index (χ3v) is 20.2. The van der Waals surface area contributed by atoms with Crippen molar-refractivity contribution in [3.63, 3.8) is 0 Å². The molecule has 2 heterocycles. The van der Waals surface area contributed by atoms with Crippen molar-refractivity contribution in [1.29, 1.82) is 0 Å². The molecular formula is C33H45FN2O4Si2. The molecular weight excluding hydrogens is 564 g/mol. The molecule has 0 radical (unpaired) electrons. The van der Waals surface area contributed by atoms with Gasteiger partial charge in [-0.3, -0.25) is 14.3 Å². The number of aromatic amines is 1. The first kappa shape index (κ1) is 32.1. The predicted molar refractivity (Wildman–Crippen MR) is 174 cm³/mol. The van der Waals surface area contributed by atoms with Gasteiger partial charge in [0.15, 0.2) is 20.7 Å². The topological polar surface area (TPSA) is 73.3 Å². The van der Waals surface area contributed by atoms with E-state index < -0.39 is 51.7 Å². The van der Waals surface area contributed by atoms with Gasteiger partial charge in [0.25, 0.3) is 5.56 Å². The van der Waals surface area contributed by atoms with Crippen LogP contribution in [-0.4, -0.2) is 43.8 Å². The van der Waals surface area contributed by atoms with Crippen molar-refractivity contribution in [1.82, 2.24) is 9.55 Å². The first-order chi connectivity index (χ1) is 19.5. The summed E-state index contributed by atoms with van der Waals surface area (Å²) in [7, 11) is -5.37. The fraction of sp³-hybridized carbons (Fsp3) is 0.455. The number of benzene rings is 2. The van der Waals surface area contributed by atoms with E-state index in [-0.39, 0.29) is 10.1 Å². The Morgan fingerprint density at radius 2 is 1.48 bits per heavy atom. The number of nitrogens with zero attached hydrogens (tertiary/aromatic N) is 1. The van der Waals surface area contributed by atoms with E-state index in [1.54, 1.807) is 6.08 Å². The van der Waals surface area contributed by atoms with Crippen molar-refractivity contribution in [3.05, 3.63) is 106 Å². The zero-order valence-corrected chi connectivity index (χ0v) is 28.1. The van der Waals surface area contributed by atoms with Crippen LogP contribution in [0.25, 0.3) is 0 Å². The maximum Gasteiger partial charge on any atom is 0.330 e. The zero-order chi connectivity index (χ0) is 31.1. The number of nitrogens with one attached hydrogen (secondary N) is 1. The van der Waals surface area contributed by atoms with Crippen LogP contribution in [0.5, 0.6) is 0 Å². The number of ether oxygens (including phenoxy) is 1. The molecule has 1 aliphatic rings. The monoisotopic (exact) mass is 608 g/mol. The first-order valence-electron chi connectivity index (χ1n) is 14.5. The second-order valence-electron chi connectivity index (χ2n) is 14.0. The molecule has 42 heavy (non-hydrogen) atoms. The van der Waals surface area contributed by atoms with E-state index in [0.717, 1.165) is 4.57 Å². The van der Waals surface area contributed by atoms with Crippen LogP contribution in [0.4, 0.5) is 4.39 Å². The smallest absolute Gasteiger partial charge is 0.330 e. The molecule has 1 N–H and O–H groups in total. The molecule has 0 aliphatic carbocycles. The maximum atomic E-state index is 17.0. The molecule has 9 heteroatoms. The van der Waals surface area contributed by atoms with Crippen molar-refractivity contribution in [2.75, 3.05) is 0 Å². The summed E-state index contributed by atoms with van der Waals surface area (Å²) in [6.45, 7) is 21.5. The predicted octanol–water partition coefficient (Wildman–Crippen LogP) is 5.78. The Morgan fingerprint density at radius 1 is 0.952 bits per heavy atom. The lowest BCUT2D eigenvalue weighted by Crippen LogP contribution is -2.68. The van der Waals surface area contributed by atoms with Gasteiger partial charge in [-0.2, -0.15) is 0 Å². The molecule has 4 atom stereocenters. The van der Waals surface area contributed by atoms with Gasteiger partial charge in [0.05, 0.1) is 0 Å². The van der Waals surface area contributed by atoms with Crippen molar-refractivity contribution < 1.29 is 13.6 Å². The number of alkyl halides is 1. The van der Waals surface area contributed by atoms with Crippen molar-refractivity contribution in [3.8, 4) is 0 Å². The minimum Gasteiger partial charge on any atom is -0.407 e. The summed E-state index contributed by atoms with van der Waals surface area (Å²) < 4.78 is 31.8. The molecule has 3 aromatic rings. The molecule has 1 unspecified atom stereocenters. The summed E-state index contributed by atoms with van der Waals surface area (Å²) in [5, 5.41) is 1.94. The van der Waals surface area contributed by atoms with Gasteiger partial charge in [0.2, 0.25) is 0 Å². The molecule has 0 saturated carbocycles. The van der Waals surface area contributed by atoms with E-state index in [0.29, 0.717) is 6.04 Å². The van der Waals surface area contributed by atoms with Crippen LogP contribution in [0.1, 0.15) is 47.8 Å². The van der Waals surface area contributed by atoms with Gasteiger partial charge >= 0.3 is 5.69 Å². The fourth-order valence-electron chi connectivity index (χ4n) is 6.01. The largest absolute Gasteiger partial charge is 0.407 e. The molecule has 0 amide bonds. The van der Waals surface area contributed by atoms with Crippen LogP contribution in [0.2, 0.25) is 29.2 Å². The molecule has 0 bridgehead atoms. The maximum absolute atomic E-state index is 17.0. The number of hydrogen-bond acceptors (Lipinski definition) is 4. The lowest BCUT2D eigenvalue weighted by atomic mass is 9.98. The highest BCUT2D eigenvalue weighted by Gasteiger charge is 2.63. The van der Waals surface area contributed by atoms with Gasteiger partial charge in [-0.25, -0.2) is 9.18 Å². The van der Waals surface area contributed by atoms with Crippen LogP contribution in [0.15, 0.2) is 95.2 Å². The Kier molecular flexibility index (Phi) is 8.65. The summed E-state index contributed by atoms with van der Waals surface area (Å²) in [6.07, 6.45) is -1.03. The Bertz CT molecular complexity index is 1470. The average Bonchev–Trinajstić information content (AvgIpc) is 3.17. The third-order valence-electron chi connectivity index (χ3n) is 9.44. The molecule has 226 valence electrons. The SMILES string of the molecule is C=C[C@]1(C[Si](c2ccccc2)(c2ccccc2)C(C)(C)C)O[C@@H](n2ccc(=O)[nH]c2=O)[C@H](F)C1O[Si](C)(C)C(C)(C)C. The van der Waals surface area contributed by atoms with Gasteiger partial charge in [0.1, 0.15) is 19.8 Å². The number of aromatic nitrogens is 2. The summed E-state index contributed by atoms with van der Waals surface area (Å²) in [5.41, 5.74) is -2.56. The standard InChI is InChI=1S/C33H45FN2O4Si2/c1-10-33(23-42(32(5,6)7,24-17-13-11-14-18-24)25-19-15-12-16-20-25)28(40-41(8,9)31(2,3)4)27(34)29(39-33)36-22-21-26(37)35-30(36)38/h10-22,27-29H,1,23H2,2-9H3,(H,35,37,38)/t27-,28?,29-,33-/m1/s1. The Morgan fingerprint density at radius 3 is 1.90 bits per heavy atom. The second-order valence-corrected chi connectivity index (χ2v) is 23.6. The average molecular weight is 609 g/mol. The zero-order valence-electron chi connectivity index (χ0n) is 26.1. The molecule has 1 aromatic heterocycles. The number of rotatable bonds is 8. The highest BCUT2D eigenvalue weighted by atomic mass is 28.4. The molecule has 4 rings (SSSR count). The van der Waals surface area contributed by atoms with E-state index in [9.17, 15) is 9.59 Å². The molecule has 2 aromatic carbocycles.